The summed E-state index contributed by atoms with van der Waals surface area (Å²) in [5, 5.41) is 5.89. The van der Waals surface area contributed by atoms with E-state index in [4.69, 9.17) is 14.5 Å². The Labute approximate surface area is 197 Å². The standard InChI is InChI=1S/C27H36NO4P/c1-32-25-13-8-11-22(20-25)10-4-2-3-5-12-23-16-17-24(27-15-7-6-14-26(23)27)21-28-18-9-19-33(29,30)31/h6-8,11,13-17,20,28H,2-5,9-10,12,18-19,21H2,1H3,(H2,29,30,31). The maximum Gasteiger partial charge on any atom is 0.325 e. The fourth-order valence-corrected chi connectivity index (χ4v) is 4.83. The summed E-state index contributed by atoms with van der Waals surface area (Å²) in [6.45, 7) is 1.29. The molecule has 3 aromatic carbocycles. The Kier molecular flexibility index (Phi) is 9.95. The van der Waals surface area contributed by atoms with Crippen molar-refractivity contribution in [3.63, 3.8) is 0 Å². The number of methoxy groups -OCH3 is 1. The second kappa shape index (κ2) is 12.9. The molecule has 0 amide bonds. The van der Waals surface area contributed by atoms with Crippen molar-refractivity contribution in [1.29, 1.82) is 0 Å². The topological polar surface area (TPSA) is 78.8 Å². The third-order valence-electron chi connectivity index (χ3n) is 6.02. The molecule has 0 fully saturated rings. The number of fused-ring (bicyclic) bond motifs is 1. The van der Waals surface area contributed by atoms with E-state index in [2.05, 4.69) is 59.9 Å². The van der Waals surface area contributed by atoms with Gasteiger partial charge in [-0.15, -0.1) is 0 Å². The summed E-state index contributed by atoms with van der Waals surface area (Å²) in [5.74, 6) is 0.930. The molecule has 6 heteroatoms. The number of unbranched alkanes of at least 4 members (excludes halogenated alkanes) is 3. The van der Waals surface area contributed by atoms with E-state index in [1.54, 1.807) is 7.11 Å². The van der Waals surface area contributed by atoms with Gasteiger partial charge in [-0.25, -0.2) is 0 Å². The van der Waals surface area contributed by atoms with E-state index in [1.807, 2.05) is 6.07 Å². The summed E-state index contributed by atoms with van der Waals surface area (Å²) in [7, 11) is -2.20. The zero-order chi connectivity index (χ0) is 23.5. The quantitative estimate of drug-likeness (QED) is 0.204. The molecule has 3 rings (SSSR count). The van der Waals surface area contributed by atoms with Gasteiger partial charge in [-0.1, -0.05) is 61.4 Å². The number of rotatable bonds is 14. The molecule has 0 saturated heterocycles. The first kappa shape index (κ1) is 25.5. The van der Waals surface area contributed by atoms with E-state index in [0.717, 1.165) is 18.6 Å². The third-order valence-corrected chi connectivity index (χ3v) is 6.92. The van der Waals surface area contributed by atoms with Gasteiger partial charge in [0, 0.05) is 6.54 Å². The van der Waals surface area contributed by atoms with Gasteiger partial charge >= 0.3 is 7.60 Å². The number of hydrogen-bond acceptors (Lipinski definition) is 3. The molecule has 0 spiro atoms. The Morgan fingerprint density at radius 2 is 1.52 bits per heavy atom. The summed E-state index contributed by atoms with van der Waals surface area (Å²) in [5.41, 5.74) is 3.96. The van der Waals surface area contributed by atoms with Gasteiger partial charge in [0.25, 0.3) is 0 Å². The van der Waals surface area contributed by atoms with Crippen LogP contribution in [0.1, 0.15) is 48.8 Å². The Morgan fingerprint density at radius 1 is 0.818 bits per heavy atom. The summed E-state index contributed by atoms with van der Waals surface area (Å²) in [6.07, 6.45) is 7.40. The molecule has 3 N–H and O–H groups in total. The van der Waals surface area contributed by atoms with Crippen LogP contribution < -0.4 is 10.1 Å². The van der Waals surface area contributed by atoms with Crippen molar-refractivity contribution >= 4 is 18.4 Å². The number of benzene rings is 3. The van der Waals surface area contributed by atoms with Gasteiger partial charge in [-0.3, -0.25) is 4.57 Å². The highest BCUT2D eigenvalue weighted by molar-refractivity contribution is 7.51. The zero-order valence-electron chi connectivity index (χ0n) is 19.5. The molecule has 0 aliphatic rings. The van der Waals surface area contributed by atoms with Crippen LogP contribution in [0.3, 0.4) is 0 Å². The average molecular weight is 470 g/mol. The van der Waals surface area contributed by atoms with Gasteiger partial charge in [0.1, 0.15) is 5.75 Å². The van der Waals surface area contributed by atoms with Crippen molar-refractivity contribution in [1.82, 2.24) is 5.32 Å². The molecular weight excluding hydrogens is 433 g/mol. The number of nitrogens with one attached hydrogen (secondary N) is 1. The first-order valence-electron chi connectivity index (χ1n) is 11.8. The maximum atomic E-state index is 11.0. The number of hydrogen-bond donors (Lipinski definition) is 3. The third kappa shape index (κ3) is 8.60. The van der Waals surface area contributed by atoms with Gasteiger partial charge in [0.05, 0.1) is 13.3 Å². The van der Waals surface area contributed by atoms with Crippen LogP contribution in [-0.2, 0) is 24.0 Å². The Balaban J connectivity index is 1.45. The van der Waals surface area contributed by atoms with Crippen molar-refractivity contribution in [3.05, 3.63) is 77.4 Å². The Hall–Kier alpha value is -2.17. The van der Waals surface area contributed by atoms with E-state index in [1.165, 1.54) is 53.1 Å². The molecule has 0 aliphatic heterocycles. The first-order chi connectivity index (χ1) is 16.0. The average Bonchev–Trinajstić information content (AvgIpc) is 2.81. The van der Waals surface area contributed by atoms with Gasteiger partial charge in [0.15, 0.2) is 0 Å². The lowest BCUT2D eigenvalue weighted by atomic mass is 9.95. The maximum absolute atomic E-state index is 11.0. The minimum atomic E-state index is -3.91. The smallest absolute Gasteiger partial charge is 0.325 e. The monoisotopic (exact) mass is 469 g/mol. The fraction of sp³-hybridized carbons (Fsp3) is 0.407. The van der Waals surface area contributed by atoms with Crippen molar-refractivity contribution in [2.24, 2.45) is 0 Å². The summed E-state index contributed by atoms with van der Waals surface area (Å²) < 4.78 is 16.3. The Morgan fingerprint density at radius 3 is 2.24 bits per heavy atom. The molecule has 0 aromatic heterocycles. The summed E-state index contributed by atoms with van der Waals surface area (Å²) in [4.78, 5) is 17.9. The van der Waals surface area contributed by atoms with E-state index in [-0.39, 0.29) is 6.16 Å². The lowest BCUT2D eigenvalue weighted by Crippen LogP contribution is -2.16. The molecular formula is C27H36NO4P. The summed E-state index contributed by atoms with van der Waals surface area (Å²) >= 11 is 0. The Bertz CT molecular complexity index is 1060. The van der Waals surface area contributed by atoms with Crippen molar-refractivity contribution in [2.75, 3.05) is 19.8 Å². The van der Waals surface area contributed by atoms with E-state index in [9.17, 15) is 4.57 Å². The molecule has 0 saturated carbocycles. The highest BCUT2D eigenvalue weighted by atomic mass is 31.2. The number of aryl methyl sites for hydroxylation is 2. The van der Waals surface area contributed by atoms with Crippen LogP contribution in [0.5, 0.6) is 5.75 Å². The predicted molar refractivity (Wildman–Crippen MR) is 136 cm³/mol. The molecule has 0 atom stereocenters. The molecule has 0 bridgehead atoms. The second-order valence-corrected chi connectivity index (χ2v) is 10.4. The van der Waals surface area contributed by atoms with Crippen LogP contribution >= 0.6 is 7.60 Å². The van der Waals surface area contributed by atoms with Crippen LogP contribution in [-0.4, -0.2) is 29.6 Å². The van der Waals surface area contributed by atoms with E-state index < -0.39 is 7.60 Å². The van der Waals surface area contributed by atoms with Crippen molar-refractivity contribution in [2.45, 2.75) is 51.5 Å². The molecule has 178 valence electrons. The summed E-state index contributed by atoms with van der Waals surface area (Å²) in [6, 6.07) is 21.3. The predicted octanol–water partition coefficient (Wildman–Crippen LogP) is 5.85. The highest BCUT2D eigenvalue weighted by Crippen LogP contribution is 2.34. The van der Waals surface area contributed by atoms with Crippen molar-refractivity contribution in [3.8, 4) is 5.75 Å². The molecule has 0 aliphatic carbocycles. The molecule has 33 heavy (non-hydrogen) atoms. The minimum Gasteiger partial charge on any atom is -0.497 e. The molecule has 0 unspecified atom stereocenters. The van der Waals surface area contributed by atoms with E-state index >= 15 is 0 Å². The van der Waals surface area contributed by atoms with Crippen LogP contribution in [0.2, 0.25) is 0 Å². The van der Waals surface area contributed by atoms with E-state index in [0.29, 0.717) is 19.5 Å². The van der Waals surface area contributed by atoms with Gasteiger partial charge in [-0.05, 0) is 78.2 Å². The van der Waals surface area contributed by atoms with Crippen molar-refractivity contribution < 1.29 is 19.1 Å². The minimum absolute atomic E-state index is 0.0702. The van der Waals surface area contributed by atoms with Gasteiger partial charge in [0.2, 0.25) is 0 Å². The zero-order valence-corrected chi connectivity index (χ0v) is 20.4. The van der Waals surface area contributed by atoms with Crippen LogP contribution in [0.15, 0.2) is 60.7 Å². The molecule has 3 aromatic rings. The highest BCUT2D eigenvalue weighted by Gasteiger charge is 2.11. The fourth-order valence-electron chi connectivity index (χ4n) is 4.26. The van der Waals surface area contributed by atoms with Gasteiger partial charge < -0.3 is 19.8 Å². The normalized spacial score (nSPS) is 11.7. The van der Waals surface area contributed by atoms with Gasteiger partial charge in [-0.2, -0.15) is 0 Å². The lowest BCUT2D eigenvalue weighted by molar-refractivity contribution is 0.371. The molecule has 0 radical (unpaired) electrons. The van der Waals surface area contributed by atoms with Crippen LogP contribution in [0.25, 0.3) is 10.8 Å². The molecule has 0 heterocycles. The molecule has 5 nitrogen and oxygen atoms in total. The van der Waals surface area contributed by atoms with Crippen LogP contribution in [0, 0.1) is 0 Å². The number of ether oxygens (including phenoxy) is 1. The largest absolute Gasteiger partial charge is 0.497 e. The first-order valence-corrected chi connectivity index (χ1v) is 13.6. The second-order valence-electron chi connectivity index (χ2n) is 8.61. The van der Waals surface area contributed by atoms with Crippen LogP contribution in [0.4, 0.5) is 0 Å². The SMILES string of the molecule is COc1cccc(CCCCCCc2ccc(CNCCCP(=O)(O)O)c3ccccc23)c1. The lowest BCUT2D eigenvalue weighted by Gasteiger charge is -2.13.